The summed E-state index contributed by atoms with van der Waals surface area (Å²) in [6, 6.07) is 27.5. The summed E-state index contributed by atoms with van der Waals surface area (Å²) in [7, 11) is -3.17. The first kappa shape index (κ1) is 19.6. The first-order valence-corrected chi connectivity index (χ1v) is 11.6. The Kier molecular flexibility index (Phi) is 5.94. The van der Waals surface area contributed by atoms with E-state index in [1.165, 1.54) is 0 Å². The van der Waals surface area contributed by atoms with Crippen LogP contribution in [0, 0.1) is 6.92 Å². The molecule has 3 aromatic carbocycles. The largest absolute Gasteiger partial charge is 0.378 e. The van der Waals surface area contributed by atoms with Crippen molar-refractivity contribution in [3.05, 3.63) is 96.1 Å². The van der Waals surface area contributed by atoms with Crippen molar-refractivity contribution in [1.29, 1.82) is 0 Å². The first-order chi connectivity index (χ1) is 14.2. The summed E-state index contributed by atoms with van der Waals surface area (Å²) in [5, 5.41) is 8.53. The van der Waals surface area contributed by atoms with Gasteiger partial charge >= 0.3 is 0 Å². The summed E-state index contributed by atoms with van der Waals surface area (Å²) in [6.07, 6.45) is 0. The molecule has 3 aromatic rings. The van der Waals surface area contributed by atoms with Crippen molar-refractivity contribution in [1.82, 2.24) is 5.01 Å². The third-order valence-electron chi connectivity index (χ3n) is 5.07. The zero-order valence-electron chi connectivity index (χ0n) is 16.6. The zero-order chi connectivity index (χ0) is 20.1. The lowest BCUT2D eigenvalue weighted by atomic mass is 10.2. The van der Waals surface area contributed by atoms with E-state index in [-0.39, 0.29) is 0 Å². The predicted octanol–water partition coefficient (Wildman–Crippen LogP) is 4.00. The van der Waals surface area contributed by atoms with E-state index >= 15 is 0 Å². The molecule has 148 valence electrons. The van der Waals surface area contributed by atoms with Gasteiger partial charge in [0.2, 0.25) is 0 Å². The van der Waals surface area contributed by atoms with E-state index in [2.05, 4.69) is 6.92 Å². The number of morpholine rings is 1. The lowest BCUT2D eigenvalue weighted by Gasteiger charge is -2.28. The van der Waals surface area contributed by atoms with Crippen LogP contribution in [0.5, 0.6) is 0 Å². The van der Waals surface area contributed by atoms with Gasteiger partial charge in [-0.15, -0.1) is 0 Å². The van der Waals surface area contributed by atoms with Crippen molar-refractivity contribution >= 4 is 23.2 Å². The van der Waals surface area contributed by atoms with Crippen LogP contribution < -0.4 is 10.6 Å². The number of benzene rings is 3. The third-order valence-corrected chi connectivity index (χ3v) is 8.07. The van der Waals surface area contributed by atoms with E-state index in [0.717, 1.165) is 21.7 Å². The number of hydrazone groups is 1. The number of nitrogens with zero attached hydrogens (tertiary/aromatic N) is 2. The average Bonchev–Trinajstić information content (AvgIpc) is 2.79. The van der Waals surface area contributed by atoms with Crippen LogP contribution >= 0.6 is 7.14 Å². The maximum Gasteiger partial charge on any atom is 0.190 e. The molecule has 0 bridgehead atoms. The summed E-state index contributed by atoms with van der Waals surface area (Å²) in [5.41, 5.74) is 2.67. The number of ether oxygens (including phenoxy) is 1. The second-order valence-corrected chi connectivity index (χ2v) is 9.81. The molecule has 29 heavy (non-hydrogen) atoms. The lowest BCUT2D eigenvalue weighted by Crippen LogP contribution is -2.34. The topological polar surface area (TPSA) is 41.9 Å². The van der Waals surface area contributed by atoms with Gasteiger partial charge in [-0.25, -0.2) is 0 Å². The molecule has 0 spiro atoms. The average molecular weight is 404 g/mol. The van der Waals surface area contributed by atoms with Gasteiger partial charge in [0.05, 0.1) is 26.3 Å². The highest BCUT2D eigenvalue weighted by molar-refractivity contribution is 7.93. The summed E-state index contributed by atoms with van der Waals surface area (Å²) in [4.78, 5) is 0. The summed E-state index contributed by atoms with van der Waals surface area (Å²) < 4.78 is 20.4. The van der Waals surface area contributed by atoms with Gasteiger partial charge in [-0.05, 0) is 6.92 Å². The van der Waals surface area contributed by atoms with Gasteiger partial charge in [0.15, 0.2) is 7.14 Å². The van der Waals surface area contributed by atoms with E-state index in [9.17, 15) is 4.57 Å². The highest BCUT2D eigenvalue weighted by Crippen LogP contribution is 2.47. The Morgan fingerprint density at radius 2 is 1.34 bits per heavy atom. The Morgan fingerprint density at radius 3 is 1.86 bits per heavy atom. The molecule has 5 heteroatoms. The van der Waals surface area contributed by atoms with Crippen molar-refractivity contribution < 1.29 is 9.30 Å². The van der Waals surface area contributed by atoms with E-state index in [4.69, 9.17) is 9.84 Å². The van der Waals surface area contributed by atoms with Gasteiger partial charge in [0.1, 0.15) is 5.45 Å². The van der Waals surface area contributed by atoms with E-state index in [1.807, 2.05) is 89.9 Å². The molecule has 0 aliphatic carbocycles. The Morgan fingerprint density at radius 1 is 0.828 bits per heavy atom. The summed E-state index contributed by atoms with van der Waals surface area (Å²) in [6.45, 7) is 4.70. The van der Waals surface area contributed by atoms with Crippen molar-refractivity contribution in [2.75, 3.05) is 26.3 Å². The summed E-state index contributed by atoms with van der Waals surface area (Å²) >= 11 is 0. The van der Waals surface area contributed by atoms with Gasteiger partial charge < -0.3 is 9.30 Å². The Labute approximate surface area is 172 Å². The van der Waals surface area contributed by atoms with Crippen LogP contribution in [0.25, 0.3) is 0 Å². The quantitative estimate of drug-likeness (QED) is 0.477. The van der Waals surface area contributed by atoms with Crippen molar-refractivity contribution in [2.24, 2.45) is 5.10 Å². The molecule has 0 atom stereocenters. The standard InChI is InChI=1S/C24H25N2O2P/c1-20-12-14-21(15-13-20)24(25-26-16-18-28-19-17-26)29(27,22-8-4-2-5-9-22)23-10-6-3-7-11-23/h2-15H,16-19H2,1H3/b25-24+. The molecule has 1 aliphatic rings. The molecule has 1 fully saturated rings. The minimum atomic E-state index is -3.17. The molecular weight excluding hydrogens is 379 g/mol. The second-order valence-electron chi connectivity index (χ2n) is 7.14. The van der Waals surface area contributed by atoms with Gasteiger partial charge in [-0.2, -0.15) is 5.10 Å². The predicted molar refractivity (Wildman–Crippen MR) is 120 cm³/mol. The second kappa shape index (κ2) is 8.77. The van der Waals surface area contributed by atoms with Crippen molar-refractivity contribution in [2.45, 2.75) is 6.92 Å². The molecule has 1 aliphatic heterocycles. The normalized spacial score (nSPS) is 15.3. The molecule has 4 rings (SSSR count). The maximum absolute atomic E-state index is 14.9. The summed E-state index contributed by atoms with van der Waals surface area (Å²) in [5.74, 6) is 0. The van der Waals surface area contributed by atoms with Crippen LogP contribution in [-0.4, -0.2) is 36.8 Å². The van der Waals surface area contributed by atoms with E-state index < -0.39 is 7.14 Å². The van der Waals surface area contributed by atoms with Crippen molar-refractivity contribution in [3.63, 3.8) is 0 Å². The maximum atomic E-state index is 14.9. The van der Waals surface area contributed by atoms with Crippen LogP contribution in [-0.2, 0) is 9.30 Å². The molecule has 0 saturated carbocycles. The smallest absolute Gasteiger partial charge is 0.190 e. The monoisotopic (exact) mass is 404 g/mol. The number of rotatable bonds is 5. The van der Waals surface area contributed by atoms with E-state index in [0.29, 0.717) is 31.8 Å². The molecule has 0 aromatic heterocycles. The van der Waals surface area contributed by atoms with Crippen LogP contribution in [0.2, 0.25) is 0 Å². The highest BCUT2D eigenvalue weighted by Gasteiger charge is 2.35. The fraction of sp³-hybridized carbons (Fsp3) is 0.208. The van der Waals surface area contributed by atoms with Gasteiger partial charge in [-0.1, -0.05) is 90.5 Å². The van der Waals surface area contributed by atoms with E-state index in [1.54, 1.807) is 0 Å². The molecule has 1 saturated heterocycles. The number of hydrogen-bond donors (Lipinski definition) is 0. The molecule has 1 heterocycles. The third kappa shape index (κ3) is 4.19. The minimum absolute atomic E-state index is 0.622. The van der Waals surface area contributed by atoms with Crippen LogP contribution in [0.1, 0.15) is 11.1 Å². The first-order valence-electron chi connectivity index (χ1n) is 9.88. The minimum Gasteiger partial charge on any atom is -0.378 e. The molecule has 0 radical (unpaired) electrons. The van der Waals surface area contributed by atoms with Crippen LogP contribution in [0.3, 0.4) is 0 Å². The van der Waals surface area contributed by atoms with Crippen LogP contribution in [0.15, 0.2) is 90.0 Å². The van der Waals surface area contributed by atoms with Crippen LogP contribution in [0.4, 0.5) is 0 Å². The van der Waals surface area contributed by atoms with Gasteiger partial charge in [-0.3, -0.25) is 5.01 Å². The van der Waals surface area contributed by atoms with Crippen molar-refractivity contribution in [3.8, 4) is 0 Å². The number of aryl methyl sites for hydroxylation is 1. The molecule has 0 N–H and O–H groups in total. The highest BCUT2D eigenvalue weighted by atomic mass is 31.2. The Balaban J connectivity index is 1.94. The fourth-order valence-corrected chi connectivity index (χ4v) is 6.20. The fourth-order valence-electron chi connectivity index (χ4n) is 3.46. The SMILES string of the molecule is Cc1ccc(/C(=N\N2CCOCC2)P(=O)(c2ccccc2)c2ccccc2)cc1. The Hall–Kier alpha value is -2.68. The molecule has 0 unspecified atom stereocenters. The van der Waals surface area contributed by atoms with Gasteiger partial charge in [0.25, 0.3) is 0 Å². The molecule has 4 nitrogen and oxygen atoms in total. The number of hydrogen-bond acceptors (Lipinski definition) is 4. The molecular formula is C24H25N2O2P. The lowest BCUT2D eigenvalue weighted by molar-refractivity contribution is 0.0395. The molecule has 0 amide bonds. The Bertz CT molecular complexity index is 968. The zero-order valence-corrected chi connectivity index (χ0v) is 17.5. The van der Waals surface area contributed by atoms with Gasteiger partial charge in [0, 0.05) is 16.2 Å².